The Hall–Kier alpha value is -2.75. The summed E-state index contributed by atoms with van der Waals surface area (Å²) >= 11 is 0. The zero-order valence-corrected chi connectivity index (χ0v) is 13.3. The van der Waals surface area contributed by atoms with Gasteiger partial charge in [0.2, 0.25) is 0 Å². The van der Waals surface area contributed by atoms with E-state index in [4.69, 9.17) is 0 Å². The molecule has 4 heteroatoms. The van der Waals surface area contributed by atoms with E-state index in [1.807, 2.05) is 31.2 Å². The minimum absolute atomic E-state index is 0.221. The highest BCUT2D eigenvalue weighted by atomic mass is 16.3. The van der Waals surface area contributed by atoms with Crippen LogP contribution in [0.3, 0.4) is 0 Å². The highest BCUT2D eigenvalue weighted by molar-refractivity contribution is 6.00. The van der Waals surface area contributed by atoms with Crippen LogP contribution in [0.2, 0.25) is 0 Å². The van der Waals surface area contributed by atoms with E-state index in [2.05, 4.69) is 16.9 Å². The predicted octanol–water partition coefficient (Wildman–Crippen LogP) is 3.56. The zero-order chi connectivity index (χ0) is 16.7. The fourth-order valence-electron chi connectivity index (χ4n) is 2.25. The lowest BCUT2D eigenvalue weighted by Crippen LogP contribution is -2.14. The number of phenolic OH excluding ortho intramolecular Hbond substituents is 2. The van der Waals surface area contributed by atoms with Crippen molar-refractivity contribution < 1.29 is 10.2 Å². The Labute approximate surface area is 136 Å². The fourth-order valence-corrected chi connectivity index (χ4v) is 2.25. The van der Waals surface area contributed by atoms with Gasteiger partial charge in [-0.2, -0.15) is 0 Å². The van der Waals surface area contributed by atoms with Crippen molar-refractivity contribution in [3.8, 4) is 11.5 Å². The minimum Gasteiger partial charge on any atom is -0.507 e. The van der Waals surface area contributed by atoms with Crippen LogP contribution in [0.25, 0.3) is 5.70 Å². The first-order chi connectivity index (χ1) is 11.1. The zero-order valence-electron chi connectivity index (χ0n) is 13.3. The number of nitrogens with zero attached hydrogens (tertiary/aromatic N) is 1. The molecule has 2 aromatic rings. The van der Waals surface area contributed by atoms with Crippen LogP contribution in [0.5, 0.6) is 11.5 Å². The molecule has 0 atom stereocenters. The molecular formula is C19H22N2O2. The molecule has 23 heavy (non-hydrogen) atoms. The van der Waals surface area contributed by atoms with Gasteiger partial charge in [0.25, 0.3) is 0 Å². The van der Waals surface area contributed by atoms with E-state index in [0.717, 1.165) is 17.7 Å². The Bertz CT molecular complexity index is 708. The molecule has 2 rings (SSSR count). The van der Waals surface area contributed by atoms with Gasteiger partial charge in [-0.3, -0.25) is 4.99 Å². The van der Waals surface area contributed by atoms with Crippen molar-refractivity contribution in [1.29, 1.82) is 0 Å². The molecule has 0 saturated carbocycles. The Balaban J connectivity index is 1.80. The monoisotopic (exact) mass is 310 g/mol. The lowest BCUT2D eigenvalue weighted by molar-refractivity contribution is 0.473. The molecule has 0 aliphatic carbocycles. The smallest absolute Gasteiger partial charge is 0.124 e. The number of hydrogen-bond acceptors (Lipinski definition) is 4. The first kappa shape index (κ1) is 16.6. The minimum atomic E-state index is 0.221. The first-order valence-electron chi connectivity index (χ1n) is 7.60. The van der Waals surface area contributed by atoms with Crippen LogP contribution in [0.15, 0.2) is 60.1 Å². The van der Waals surface area contributed by atoms with Crippen molar-refractivity contribution in [1.82, 2.24) is 5.32 Å². The summed E-state index contributed by atoms with van der Waals surface area (Å²) in [5.41, 5.74) is 2.99. The second-order valence-corrected chi connectivity index (χ2v) is 5.26. The number of rotatable bonds is 7. The van der Waals surface area contributed by atoms with Crippen molar-refractivity contribution in [2.24, 2.45) is 4.99 Å². The van der Waals surface area contributed by atoms with E-state index in [1.165, 1.54) is 0 Å². The number of hydrogen-bond donors (Lipinski definition) is 3. The molecule has 0 heterocycles. The van der Waals surface area contributed by atoms with E-state index >= 15 is 0 Å². The summed E-state index contributed by atoms with van der Waals surface area (Å²) in [4.78, 5) is 4.48. The number of benzene rings is 2. The summed E-state index contributed by atoms with van der Waals surface area (Å²) in [5.74, 6) is 0.471. The van der Waals surface area contributed by atoms with Gasteiger partial charge in [-0.25, -0.2) is 0 Å². The van der Waals surface area contributed by atoms with Gasteiger partial charge in [-0.1, -0.05) is 30.8 Å². The van der Waals surface area contributed by atoms with Gasteiger partial charge >= 0.3 is 0 Å². The SMILES string of the molecule is C=C(NCCCN=C(C)c1ccccc1O)c1ccccc1O. The summed E-state index contributed by atoms with van der Waals surface area (Å²) in [6.07, 6.45) is 0.831. The lowest BCUT2D eigenvalue weighted by Gasteiger charge is -2.10. The molecule has 0 bridgehead atoms. The molecule has 0 unspecified atom stereocenters. The van der Waals surface area contributed by atoms with Gasteiger partial charge in [-0.05, 0) is 37.6 Å². The van der Waals surface area contributed by atoms with Crippen LogP contribution in [-0.4, -0.2) is 29.0 Å². The summed E-state index contributed by atoms with van der Waals surface area (Å²) < 4.78 is 0. The fraction of sp³-hybridized carbons (Fsp3) is 0.211. The molecule has 0 spiro atoms. The Kier molecular flexibility index (Phi) is 5.80. The molecule has 0 aliphatic heterocycles. The number of phenols is 2. The highest BCUT2D eigenvalue weighted by Gasteiger charge is 2.04. The molecule has 0 amide bonds. The number of aromatic hydroxyl groups is 2. The maximum absolute atomic E-state index is 9.78. The molecule has 0 radical (unpaired) electrons. The van der Waals surface area contributed by atoms with Crippen LogP contribution in [0, 0.1) is 0 Å². The van der Waals surface area contributed by atoms with Crippen molar-refractivity contribution in [3.63, 3.8) is 0 Å². The maximum atomic E-state index is 9.78. The van der Waals surface area contributed by atoms with Crippen molar-refractivity contribution in [3.05, 3.63) is 66.2 Å². The second-order valence-electron chi connectivity index (χ2n) is 5.26. The van der Waals surface area contributed by atoms with Crippen molar-refractivity contribution in [2.75, 3.05) is 13.1 Å². The van der Waals surface area contributed by atoms with Gasteiger partial charge in [0, 0.05) is 35.6 Å². The third-order valence-electron chi connectivity index (χ3n) is 3.55. The summed E-state index contributed by atoms with van der Waals surface area (Å²) in [7, 11) is 0. The van der Waals surface area contributed by atoms with E-state index in [0.29, 0.717) is 24.4 Å². The number of para-hydroxylation sites is 2. The van der Waals surface area contributed by atoms with Gasteiger partial charge in [0.1, 0.15) is 11.5 Å². The average Bonchev–Trinajstić information content (AvgIpc) is 2.55. The van der Waals surface area contributed by atoms with Gasteiger partial charge in [0.05, 0.1) is 0 Å². The van der Waals surface area contributed by atoms with Crippen LogP contribution in [0.1, 0.15) is 24.5 Å². The molecular weight excluding hydrogens is 288 g/mol. The average molecular weight is 310 g/mol. The topological polar surface area (TPSA) is 64.9 Å². The third kappa shape index (κ3) is 4.61. The first-order valence-corrected chi connectivity index (χ1v) is 7.60. The summed E-state index contributed by atoms with van der Waals surface area (Å²) in [5, 5.41) is 22.7. The Morgan fingerprint density at radius 3 is 2.17 bits per heavy atom. The lowest BCUT2D eigenvalue weighted by atomic mass is 10.1. The third-order valence-corrected chi connectivity index (χ3v) is 3.55. The van der Waals surface area contributed by atoms with Crippen LogP contribution >= 0.6 is 0 Å². The van der Waals surface area contributed by atoms with E-state index in [-0.39, 0.29) is 11.5 Å². The molecule has 4 nitrogen and oxygen atoms in total. The molecule has 0 aromatic heterocycles. The van der Waals surface area contributed by atoms with Crippen molar-refractivity contribution >= 4 is 11.4 Å². The molecule has 3 N–H and O–H groups in total. The molecule has 120 valence electrons. The normalized spacial score (nSPS) is 11.3. The maximum Gasteiger partial charge on any atom is 0.124 e. The van der Waals surface area contributed by atoms with Gasteiger partial charge < -0.3 is 15.5 Å². The molecule has 0 saturated heterocycles. The Morgan fingerprint density at radius 2 is 1.57 bits per heavy atom. The number of aliphatic imine (C=N–C) groups is 1. The second kappa shape index (κ2) is 8.03. The molecule has 0 fully saturated rings. The predicted molar refractivity (Wildman–Crippen MR) is 94.9 cm³/mol. The van der Waals surface area contributed by atoms with E-state index < -0.39 is 0 Å². The van der Waals surface area contributed by atoms with Gasteiger partial charge in [0.15, 0.2) is 0 Å². The molecule has 2 aromatic carbocycles. The molecule has 0 aliphatic rings. The summed E-state index contributed by atoms with van der Waals surface area (Å²) in [6.45, 7) is 7.20. The van der Waals surface area contributed by atoms with E-state index in [9.17, 15) is 10.2 Å². The standard InChI is InChI=1S/C19H22N2O2/c1-14(16-8-3-5-10-18(16)22)20-12-7-13-21-15(2)17-9-4-6-11-19(17)23/h3-6,8-11,20,22-23H,1,7,12-13H2,2H3. The van der Waals surface area contributed by atoms with Crippen molar-refractivity contribution in [2.45, 2.75) is 13.3 Å². The summed E-state index contributed by atoms with van der Waals surface area (Å²) in [6, 6.07) is 14.3. The number of nitrogens with one attached hydrogen (secondary N) is 1. The quantitative estimate of drug-likeness (QED) is 0.541. The van der Waals surface area contributed by atoms with Crippen LogP contribution < -0.4 is 5.32 Å². The van der Waals surface area contributed by atoms with Crippen LogP contribution in [0.4, 0.5) is 0 Å². The van der Waals surface area contributed by atoms with Gasteiger partial charge in [-0.15, -0.1) is 0 Å². The highest BCUT2D eigenvalue weighted by Crippen LogP contribution is 2.21. The van der Waals surface area contributed by atoms with E-state index in [1.54, 1.807) is 24.3 Å². The van der Waals surface area contributed by atoms with Crippen LogP contribution in [-0.2, 0) is 0 Å². The Morgan fingerprint density at radius 1 is 1.00 bits per heavy atom. The largest absolute Gasteiger partial charge is 0.507 e.